The van der Waals surface area contributed by atoms with Crippen LogP contribution in [0.5, 0.6) is 5.75 Å². The van der Waals surface area contributed by atoms with Crippen molar-refractivity contribution in [2.45, 2.75) is 31.9 Å². The third-order valence-electron chi connectivity index (χ3n) is 3.19. The maximum Gasteiger partial charge on any atom is 0.387 e. The van der Waals surface area contributed by atoms with Gasteiger partial charge in [-0.25, -0.2) is 4.79 Å². The van der Waals surface area contributed by atoms with Crippen LogP contribution in [0.4, 0.5) is 8.78 Å². The minimum atomic E-state index is -2.98. The molecule has 0 bridgehead atoms. The summed E-state index contributed by atoms with van der Waals surface area (Å²) in [5.41, 5.74) is 0.0789. The second kappa shape index (κ2) is 6.51. The van der Waals surface area contributed by atoms with Crippen molar-refractivity contribution < 1.29 is 28.2 Å². The summed E-state index contributed by atoms with van der Waals surface area (Å²) < 4.78 is 28.4. The number of ether oxygens (including phenoxy) is 1. The highest BCUT2D eigenvalue weighted by molar-refractivity contribution is 5.96. The molecular weight excluding hydrogens is 284 g/mol. The van der Waals surface area contributed by atoms with Crippen LogP contribution >= 0.6 is 0 Å². The molecule has 21 heavy (non-hydrogen) atoms. The fourth-order valence-electron chi connectivity index (χ4n) is 1.96. The molecule has 0 aromatic heterocycles. The fraction of sp³-hybridized carbons (Fsp3) is 0.429. The lowest BCUT2D eigenvalue weighted by Gasteiger charge is -2.14. The molecule has 1 aromatic carbocycles. The highest BCUT2D eigenvalue weighted by Gasteiger charge is 2.30. The number of carbonyl (C=O) groups is 2. The summed E-state index contributed by atoms with van der Waals surface area (Å²) in [5.74, 6) is -1.54. The van der Waals surface area contributed by atoms with Gasteiger partial charge in [0.2, 0.25) is 0 Å². The quantitative estimate of drug-likeness (QED) is 0.810. The first-order valence-electron chi connectivity index (χ1n) is 6.54. The van der Waals surface area contributed by atoms with Gasteiger partial charge in [0, 0.05) is 5.56 Å². The van der Waals surface area contributed by atoms with E-state index >= 15 is 0 Å². The Morgan fingerprint density at radius 2 is 2.10 bits per heavy atom. The molecular formula is C14H15F2NO4. The van der Waals surface area contributed by atoms with Crippen LogP contribution in [0.15, 0.2) is 24.3 Å². The second-order valence-electron chi connectivity index (χ2n) is 4.95. The van der Waals surface area contributed by atoms with Crippen LogP contribution in [0.25, 0.3) is 0 Å². The average molecular weight is 299 g/mol. The Kier molecular flexibility index (Phi) is 4.72. The Balaban J connectivity index is 2.02. The molecule has 0 saturated heterocycles. The van der Waals surface area contributed by atoms with Crippen molar-refractivity contribution in [3.05, 3.63) is 29.8 Å². The third kappa shape index (κ3) is 4.70. The molecule has 114 valence electrons. The van der Waals surface area contributed by atoms with Crippen molar-refractivity contribution in [2.75, 3.05) is 0 Å². The molecule has 1 aromatic rings. The molecule has 0 aliphatic heterocycles. The first kappa shape index (κ1) is 15.2. The topological polar surface area (TPSA) is 75.6 Å². The van der Waals surface area contributed by atoms with E-state index in [2.05, 4.69) is 10.1 Å². The molecule has 1 atom stereocenters. The van der Waals surface area contributed by atoms with Gasteiger partial charge in [0.25, 0.3) is 5.91 Å². The van der Waals surface area contributed by atoms with E-state index in [9.17, 15) is 18.4 Å². The molecule has 1 aliphatic carbocycles. The molecule has 0 spiro atoms. The maximum atomic E-state index is 12.1. The Hall–Kier alpha value is -2.18. The van der Waals surface area contributed by atoms with Gasteiger partial charge in [0.15, 0.2) is 0 Å². The molecule has 1 fully saturated rings. The molecule has 1 aliphatic rings. The monoisotopic (exact) mass is 299 g/mol. The molecule has 2 N–H and O–H groups in total. The Morgan fingerprint density at radius 1 is 1.38 bits per heavy atom. The number of aliphatic carboxylic acids is 1. The number of amides is 1. The van der Waals surface area contributed by atoms with Gasteiger partial charge in [0.1, 0.15) is 11.8 Å². The van der Waals surface area contributed by atoms with Gasteiger partial charge >= 0.3 is 12.6 Å². The highest BCUT2D eigenvalue weighted by Crippen LogP contribution is 2.33. The van der Waals surface area contributed by atoms with E-state index < -0.39 is 24.5 Å². The normalized spacial score (nSPS) is 15.6. The summed E-state index contributed by atoms with van der Waals surface area (Å²) in [6.07, 6.45) is 2.32. The Morgan fingerprint density at radius 3 is 2.67 bits per heavy atom. The zero-order chi connectivity index (χ0) is 15.4. The standard InChI is InChI=1S/C14H15F2NO4/c15-14(16)21-10-3-1-2-9(7-10)12(18)17-11(13(19)20)6-8-4-5-8/h1-3,7-8,11,14H,4-6H2,(H,17,18)(H,19,20). The van der Waals surface area contributed by atoms with Crippen LogP contribution < -0.4 is 10.1 Å². The number of carboxylic acid groups (broad SMARTS) is 1. The molecule has 7 heteroatoms. The molecule has 1 saturated carbocycles. The van der Waals surface area contributed by atoms with Crippen molar-refractivity contribution >= 4 is 11.9 Å². The molecule has 0 heterocycles. The Labute approximate surface area is 119 Å². The molecule has 5 nitrogen and oxygen atoms in total. The number of rotatable bonds is 7. The average Bonchev–Trinajstić information content (AvgIpc) is 3.21. The van der Waals surface area contributed by atoms with Crippen molar-refractivity contribution in [2.24, 2.45) is 5.92 Å². The van der Waals surface area contributed by atoms with E-state index in [0.29, 0.717) is 12.3 Å². The predicted octanol–water partition coefficient (Wildman–Crippen LogP) is 2.27. The van der Waals surface area contributed by atoms with E-state index in [0.717, 1.165) is 18.9 Å². The van der Waals surface area contributed by atoms with Crippen LogP contribution in [0.2, 0.25) is 0 Å². The molecule has 1 unspecified atom stereocenters. The van der Waals surface area contributed by atoms with Crippen molar-refractivity contribution in [3.8, 4) is 5.75 Å². The van der Waals surface area contributed by atoms with E-state index in [1.54, 1.807) is 0 Å². The van der Waals surface area contributed by atoms with E-state index in [-0.39, 0.29) is 11.3 Å². The smallest absolute Gasteiger partial charge is 0.387 e. The lowest BCUT2D eigenvalue weighted by Crippen LogP contribution is -2.41. The number of hydrogen-bond donors (Lipinski definition) is 2. The second-order valence-corrected chi connectivity index (χ2v) is 4.95. The summed E-state index contributed by atoms with van der Waals surface area (Å²) in [7, 11) is 0. The van der Waals surface area contributed by atoms with E-state index in [1.165, 1.54) is 18.2 Å². The lowest BCUT2D eigenvalue weighted by molar-refractivity contribution is -0.139. The van der Waals surface area contributed by atoms with E-state index in [4.69, 9.17) is 5.11 Å². The predicted molar refractivity (Wildman–Crippen MR) is 69.3 cm³/mol. The third-order valence-corrected chi connectivity index (χ3v) is 3.19. The number of alkyl halides is 2. The van der Waals surface area contributed by atoms with Crippen LogP contribution in [-0.4, -0.2) is 29.6 Å². The fourth-order valence-corrected chi connectivity index (χ4v) is 1.96. The minimum Gasteiger partial charge on any atom is -0.480 e. The maximum absolute atomic E-state index is 12.1. The Bertz CT molecular complexity index is 531. The number of carboxylic acids is 1. The first-order chi connectivity index (χ1) is 9.95. The number of benzene rings is 1. The summed E-state index contributed by atoms with van der Waals surface area (Å²) in [4.78, 5) is 23.1. The SMILES string of the molecule is O=C(NC(CC1CC1)C(=O)O)c1cccc(OC(F)F)c1. The lowest BCUT2D eigenvalue weighted by atomic mass is 10.1. The summed E-state index contributed by atoms with van der Waals surface area (Å²) in [5, 5.41) is 11.5. The zero-order valence-electron chi connectivity index (χ0n) is 11.1. The van der Waals surface area contributed by atoms with Crippen molar-refractivity contribution in [3.63, 3.8) is 0 Å². The number of hydrogen-bond acceptors (Lipinski definition) is 3. The summed E-state index contributed by atoms with van der Waals surface area (Å²) >= 11 is 0. The van der Waals surface area contributed by atoms with Gasteiger partial charge in [-0.1, -0.05) is 18.9 Å². The van der Waals surface area contributed by atoms with Crippen LogP contribution in [0.3, 0.4) is 0 Å². The summed E-state index contributed by atoms with van der Waals surface area (Å²) in [6, 6.07) is 4.27. The number of nitrogens with one attached hydrogen (secondary N) is 1. The number of halogens is 2. The molecule has 1 amide bonds. The van der Waals surface area contributed by atoms with Gasteiger partial charge < -0.3 is 15.2 Å². The minimum absolute atomic E-state index is 0.0789. The van der Waals surface area contributed by atoms with Crippen molar-refractivity contribution in [1.82, 2.24) is 5.32 Å². The van der Waals surface area contributed by atoms with Gasteiger partial charge in [-0.3, -0.25) is 4.79 Å². The van der Waals surface area contributed by atoms with Crippen LogP contribution in [-0.2, 0) is 4.79 Å². The number of carbonyl (C=O) groups excluding carboxylic acids is 1. The largest absolute Gasteiger partial charge is 0.480 e. The first-order valence-corrected chi connectivity index (χ1v) is 6.54. The van der Waals surface area contributed by atoms with Gasteiger partial charge in [0.05, 0.1) is 0 Å². The van der Waals surface area contributed by atoms with Gasteiger partial charge in [-0.05, 0) is 30.5 Å². The highest BCUT2D eigenvalue weighted by atomic mass is 19.3. The van der Waals surface area contributed by atoms with Gasteiger partial charge in [-0.15, -0.1) is 0 Å². The van der Waals surface area contributed by atoms with Crippen molar-refractivity contribution in [1.29, 1.82) is 0 Å². The molecule has 2 rings (SSSR count). The molecule has 0 radical (unpaired) electrons. The zero-order valence-corrected chi connectivity index (χ0v) is 11.1. The van der Waals surface area contributed by atoms with Crippen LogP contribution in [0, 0.1) is 5.92 Å². The van der Waals surface area contributed by atoms with Gasteiger partial charge in [-0.2, -0.15) is 8.78 Å². The summed E-state index contributed by atoms with van der Waals surface area (Å²) in [6.45, 7) is -2.98. The van der Waals surface area contributed by atoms with Crippen LogP contribution in [0.1, 0.15) is 29.6 Å². The van der Waals surface area contributed by atoms with E-state index in [1.807, 2.05) is 0 Å².